The third-order valence-electron chi connectivity index (χ3n) is 6.21. The lowest BCUT2D eigenvalue weighted by Gasteiger charge is -2.13. The van der Waals surface area contributed by atoms with Crippen LogP contribution in [0.15, 0.2) is 27.9 Å². The number of ether oxygens (including phenoxy) is 2. The van der Waals surface area contributed by atoms with Gasteiger partial charge in [-0.15, -0.1) is 0 Å². The number of aromatic nitrogens is 4. The molecule has 2 aromatic heterocycles. The van der Waals surface area contributed by atoms with Gasteiger partial charge in [0, 0.05) is 25.7 Å². The zero-order chi connectivity index (χ0) is 25.0. The number of hydrogen-bond acceptors (Lipinski definition) is 7. The standard InChI is InChI=1S/C24H33N5O5S/c1-4-33-14-8-13-25-35(31,32)18-11-12-20(34-5-2)19(15-18)22-27-23-21(17-9-6-7-10-17)26-16(3)29(23)24(30)28-22/h11-12,15,17,25H,4-10,13-14H2,1-3H3,(H,27,28,30). The summed E-state index contributed by atoms with van der Waals surface area (Å²) in [5.41, 5.74) is 1.37. The zero-order valence-corrected chi connectivity index (χ0v) is 21.3. The van der Waals surface area contributed by atoms with Crippen molar-refractivity contribution in [1.82, 2.24) is 24.1 Å². The summed E-state index contributed by atoms with van der Waals surface area (Å²) in [4.78, 5) is 25.3. The van der Waals surface area contributed by atoms with Gasteiger partial charge in [0.2, 0.25) is 10.0 Å². The Kier molecular flexibility index (Phi) is 7.88. The Morgan fingerprint density at radius 3 is 2.66 bits per heavy atom. The second-order valence-corrected chi connectivity index (χ2v) is 10.4. The quantitative estimate of drug-likeness (QED) is 0.385. The van der Waals surface area contributed by atoms with Crippen molar-refractivity contribution >= 4 is 15.7 Å². The average molecular weight is 504 g/mol. The molecule has 4 rings (SSSR count). The predicted octanol–water partition coefficient (Wildman–Crippen LogP) is 3.15. The number of aromatic amines is 1. The minimum Gasteiger partial charge on any atom is -0.493 e. The molecule has 0 amide bonds. The average Bonchev–Trinajstić information content (AvgIpc) is 3.47. The lowest BCUT2D eigenvalue weighted by Crippen LogP contribution is -2.25. The van der Waals surface area contributed by atoms with Crippen LogP contribution in [0.3, 0.4) is 0 Å². The SMILES string of the molecule is CCOCCCNS(=O)(=O)c1ccc(OCC)c(-c2nc3c(C4CCCC4)nc(C)n3c(=O)[nH]2)c1. The van der Waals surface area contributed by atoms with E-state index in [1.54, 1.807) is 13.0 Å². The summed E-state index contributed by atoms with van der Waals surface area (Å²) in [6.07, 6.45) is 4.86. The van der Waals surface area contributed by atoms with Crippen molar-refractivity contribution in [3.63, 3.8) is 0 Å². The van der Waals surface area contributed by atoms with Gasteiger partial charge >= 0.3 is 5.69 Å². The van der Waals surface area contributed by atoms with E-state index in [1.807, 2.05) is 13.8 Å². The largest absolute Gasteiger partial charge is 0.493 e. The van der Waals surface area contributed by atoms with Crippen LogP contribution < -0.4 is 15.1 Å². The fraction of sp³-hybridized carbons (Fsp3) is 0.542. The molecular formula is C24H33N5O5S. The zero-order valence-electron chi connectivity index (χ0n) is 20.5. The van der Waals surface area contributed by atoms with E-state index in [4.69, 9.17) is 14.5 Å². The molecule has 1 aromatic carbocycles. The van der Waals surface area contributed by atoms with Crippen LogP contribution in [0.4, 0.5) is 0 Å². The summed E-state index contributed by atoms with van der Waals surface area (Å²) >= 11 is 0. The highest BCUT2D eigenvalue weighted by molar-refractivity contribution is 7.89. The summed E-state index contributed by atoms with van der Waals surface area (Å²) < 4.78 is 41.0. The smallest absolute Gasteiger partial charge is 0.334 e. The molecular weight excluding hydrogens is 470 g/mol. The van der Waals surface area contributed by atoms with Crippen molar-refractivity contribution in [2.24, 2.45) is 0 Å². The number of H-pyrrole nitrogens is 1. The highest BCUT2D eigenvalue weighted by Gasteiger charge is 2.26. The van der Waals surface area contributed by atoms with Crippen molar-refractivity contribution in [1.29, 1.82) is 0 Å². The van der Waals surface area contributed by atoms with Crippen LogP contribution in [0.25, 0.3) is 17.0 Å². The number of hydrogen-bond donors (Lipinski definition) is 2. The van der Waals surface area contributed by atoms with Gasteiger partial charge in [-0.25, -0.2) is 32.3 Å². The van der Waals surface area contributed by atoms with Crippen molar-refractivity contribution in [2.45, 2.75) is 63.7 Å². The van der Waals surface area contributed by atoms with Gasteiger partial charge in [0.05, 0.1) is 22.8 Å². The Morgan fingerprint density at radius 1 is 1.17 bits per heavy atom. The van der Waals surface area contributed by atoms with E-state index in [-0.39, 0.29) is 28.9 Å². The van der Waals surface area contributed by atoms with Crippen molar-refractivity contribution in [2.75, 3.05) is 26.4 Å². The molecule has 2 N–H and O–H groups in total. The highest BCUT2D eigenvalue weighted by Crippen LogP contribution is 2.36. The number of sulfonamides is 1. The van der Waals surface area contributed by atoms with Gasteiger partial charge in [0.25, 0.3) is 0 Å². The van der Waals surface area contributed by atoms with E-state index in [0.29, 0.717) is 49.0 Å². The fourth-order valence-electron chi connectivity index (χ4n) is 4.54. The molecule has 2 heterocycles. The van der Waals surface area contributed by atoms with Gasteiger partial charge in [-0.05, 0) is 58.2 Å². The van der Waals surface area contributed by atoms with Crippen LogP contribution in [0.2, 0.25) is 0 Å². The minimum absolute atomic E-state index is 0.0654. The van der Waals surface area contributed by atoms with Crippen LogP contribution in [0.5, 0.6) is 5.75 Å². The lowest BCUT2D eigenvalue weighted by atomic mass is 10.0. The molecule has 10 nitrogen and oxygen atoms in total. The first-order valence-corrected chi connectivity index (χ1v) is 13.7. The molecule has 0 atom stereocenters. The molecule has 1 aliphatic carbocycles. The summed E-state index contributed by atoms with van der Waals surface area (Å²) in [5.74, 6) is 1.53. The highest BCUT2D eigenvalue weighted by atomic mass is 32.2. The molecule has 11 heteroatoms. The van der Waals surface area contributed by atoms with Crippen molar-refractivity contribution < 1.29 is 17.9 Å². The number of nitrogens with one attached hydrogen (secondary N) is 2. The summed E-state index contributed by atoms with van der Waals surface area (Å²) in [6, 6.07) is 4.57. The number of aryl methyl sites for hydroxylation is 1. The molecule has 1 fully saturated rings. The second-order valence-electron chi connectivity index (χ2n) is 8.61. The summed E-state index contributed by atoms with van der Waals surface area (Å²) in [6.45, 7) is 7.22. The van der Waals surface area contributed by atoms with Gasteiger partial charge in [-0.1, -0.05) is 12.8 Å². The maximum absolute atomic E-state index is 13.0. The monoisotopic (exact) mass is 503 g/mol. The predicted molar refractivity (Wildman–Crippen MR) is 132 cm³/mol. The Balaban J connectivity index is 1.75. The van der Waals surface area contributed by atoms with Gasteiger partial charge in [0.1, 0.15) is 17.4 Å². The third-order valence-corrected chi connectivity index (χ3v) is 7.67. The van der Waals surface area contributed by atoms with Gasteiger partial charge in [-0.3, -0.25) is 4.98 Å². The molecule has 0 radical (unpaired) electrons. The van der Waals surface area contributed by atoms with E-state index in [0.717, 1.165) is 31.4 Å². The van der Waals surface area contributed by atoms with Crippen LogP contribution >= 0.6 is 0 Å². The summed E-state index contributed by atoms with van der Waals surface area (Å²) in [7, 11) is -3.78. The van der Waals surface area contributed by atoms with Crippen LogP contribution in [-0.4, -0.2) is 54.1 Å². The molecule has 0 aliphatic heterocycles. The van der Waals surface area contributed by atoms with E-state index >= 15 is 0 Å². The van der Waals surface area contributed by atoms with E-state index < -0.39 is 10.0 Å². The van der Waals surface area contributed by atoms with Crippen molar-refractivity contribution in [3.8, 4) is 17.1 Å². The second kappa shape index (κ2) is 10.9. The molecule has 1 aliphatic rings. The first-order valence-electron chi connectivity index (χ1n) is 12.2. The third kappa shape index (κ3) is 5.41. The molecule has 3 aromatic rings. The molecule has 0 bridgehead atoms. The minimum atomic E-state index is -3.78. The maximum atomic E-state index is 13.0. The molecule has 1 saturated carbocycles. The number of benzene rings is 1. The van der Waals surface area contributed by atoms with Crippen LogP contribution in [0.1, 0.15) is 63.4 Å². The lowest BCUT2D eigenvalue weighted by molar-refractivity contribution is 0.146. The first kappa shape index (κ1) is 25.3. The molecule has 35 heavy (non-hydrogen) atoms. The van der Waals surface area contributed by atoms with Gasteiger partial charge in [0.15, 0.2) is 5.65 Å². The van der Waals surface area contributed by atoms with E-state index in [2.05, 4.69) is 14.7 Å². The van der Waals surface area contributed by atoms with E-state index in [9.17, 15) is 13.2 Å². The number of imidazole rings is 1. The normalized spacial score (nSPS) is 14.7. The Labute approximate surface area is 205 Å². The first-order chi connectivity index (χ1) is 16.9. The van der Waals surface area contributed by atoms with Crippen LogP contribution in [0, 0.1) is 6.92 Å². The molecule has 0 spiro atoms. The Bertz CT molecular complexity index is 1340. The topological polar surface area (TPSA) is 128 Å². The molecule has 190 valence electrons. The fourth-order valence-corrected chi connectivity index (χ4v) is 5.64. The van der Waals surface area contributed by atoms with Gasteiger partial charge < -0.3 is 9.47 Å². The number of fused-ring (bicyclic) bond motifs is 1. The molecule has 0 saturated heterocycles. The number of nitrogens with zero attached hydrogens (tertiary/aromatic N) is 3. The Hall–Kier alpha value is -2.76. The van der Waals surface area contributed by atoms with Crippen molar-refractivity contribution in [3.05, 3.63) is 40.2 Å². The Morgan fingerprint density at radius 2 is 1.94 bits per heavy atom. The maximum Gasteiger partial charge on any atom is 0.334 e. The molecule has 0 unspecified atom stereocenters. The van der Waals surface area contributed by atoms with E-state index in [1.165, 1.54) is 16.5 Å². The van der Waals surface area contributed by atoms with Gasteiger partial charge in [-0.2, -0.15) is 0 Å². The van der Waals surface area contributed by atoms with Crippen LogP contribution in [-0.2, 0) is 14.8 Å². The number of rotatable bonds is 11. The summed E-state index contributed by atoms with van der Waals surface area (Å²) in [5, 5.41) is 0.